The van der Waals surface area contributed by atoms with Gasteiger partial charge in [0.2, 0.25) is 11.0 Å². The first-order valence-corrected chi connectivity index (χ1v) is 10.1. The fraction of sp³-hybridized carbons (Fsp3) is 0.438. The SMILES string of the molecule is Cc1ccc(NC(=O)CSc2nnc(N3CCN(C)CC3)s2)cc1Cl. The van der Waals surface area contributed by atoms with Gasteiger partial charge in [-0.25, -0.2) is 0 Å². The molecule has 134 valence electrons. The third kappa shape index (κ3) is 5.07. The highest BCUT2D eigenvalue weighted by molar-refractivity contribution is 8.01. The first-order chi connectivity index (χ1) is 12.0. The van der Waals surface area contributed by atoms with Gasteiger partial charge in [-0.3, -0.25) is 4.79 Å². The molecule has 25 heavy (non-hydrogen) atoms. The van der Waals surface area contributed by atoms with E-state index in [1.807, 2.05) is 19.1 Å². The van der Waals surface area contributed by atoms with Crippen LogP contribution in [0.4, 0.5) is 10.8 Å². The molecule has 1 aromatic carbocycles. The first-order valence-electron chi connectivity index (χ1n) is 7.97. The van der Waals surface area contributed by atoms with Crippen LogP contribution in [-0.4, -0.2) is 60.0 Å². The molecule has 0 aliphatic carbocycles. The molecule has 1 aliphatic rings. The maximum absolute atomic E-state index is 12.1. The number of rotatable bonds is 5. The predicted octanol–water partition coefficient (Wildman–Crippen LogP) is 2.98. The topological polar surface area (TPSA) is 61.4 Å². The van der Waals surface area contributed by atoms with Crippen molar-refractivity contribution in [3.63, 3.8) is 0 Å². The molecule has 0 atom stereocenters. The highest BCUT2D eigenvalue weighted by Gasteiger charge is 2.18. The van der Waals surface area contributed by atoms with Crippen LogP contribution in [0.2, 0.25) is 5.02 Å². The molecule has 6 nitrogen and oxygen atoms in total. The molecule has 2 heterocycles. The van der Waals surface area contributed by atoms with E-state index in [-0.39, 0.29) is 5.91 Å². The molecule has 0 spiro atoms. The number of carbonyl (C=O) groups excluding carboxylic acids is 1. The summed E-state index contributed by atoms with van der Waals surface area (Å²) in [4.78, 5) is 16.6. The Kier molecular flexibility index (Phi) is 6.16. The Morgan fingerprint density at radius 3 is 2.80 bits per heavy atom. The lowest BCUT2D eigenvalue weighted by Gasteiger charge is -2.31. The number of halogens is 1. The number of aromatic nitrogens is 2. The minimum atomic E-state index is -0.0822. The first kappa shape index (κ1) is 18.4. The quantitative estimate of drug-likeness (QED) is 0.782. The van der Waals surface area contributed by atoms with Crippen molar-refractivity contribution < 1.29 is 4.79 Å². The molecule has 3 rings (SSSR count). The van der Waals surface area contributed by atoms with Crippen LogP contribution >= 0.6 is 34.7 Å². The minimum absolute atomic E-state index is 0.0822. The number of piperazine rings is 1. The van der Waals surface area contributed by atoms with Crippen LogP contribution in [0.5, 0.6) is 0 Å². The molecule has 0 bridgehead atoms. The molecule has 0 radical (unpaired) electrons. The van der Waals surface area contributed by atoms with Gasteiger partial charge in [0, 0.05) is 36.9 Å². The van der Waals surface area contributed by atoms with E-state index in [2.05, 4.69) is 32.4 Å². The minimum Gasteiger partial charge on any atom is -0.344 e. The molecule has 1 amide bonds. The summed E-state index contributed by atoms with van der Waals surface area (Å²) in [5.41, 5.74) is 1.69. The Bertz CT molecular complexity index is 746. The lowest BCUT2D eigenvalue weighted by atomic mass is 10.2. The molecule has 0 saturated carbocycles. The van der Waals surface area contributed by atoms with Crippen LogP contribution in [0.15, 0.2) is 22.5 Å². The molecule has 9 heteroatoms. The van der Waals surface area contributed by atoms with Gasteiger partial charge >= 0.3 is 0 Å². The summed E-state index contributed by atoms with van der Waals surface area (Å²) in [6.45, 7) is 5.92. The van der Waals surface area contributed by atoms with Gasteiger partial charge in [0.15, 0.2) is 4.34 Å². The number of benzene rings is 1. The standard InChI is InChI=1S/C16H20ClN5OS2/c1-11-3-4-12(9-13(11)17)18-14(23)10-24-16-20-19-15(25-16)22-7-5-21(2)6-8-22/h3-4,9H,5-8,10H2,1-2H3,(H,18,23). The van der Waals surface area contributed by atoms with Gasteiger partial charge in [-0.1, -0.05) is 40.8 Å². The van der Waals surface area contributed by atoms with E-state index in [0.29, 0.717) is 16.5 Å². The Morgan fingerprint density at radius 1 is 1.32 bits per heavy atom. The van der Waals surface area contributed by atoms with E-state index in [1.54, 1.807) is 17.4 Å². The van der Waals surface area contributed by atoms with Crippen molar-refractivity contribution in [3.05, 3.63) is 28.8 Å². The lowest BCUT2D eigenvalue weighted by molar-refractivity contribution is -0.113. The zero-order chi connectivity index (χ0) is 17.8. The number of carbonyl (C=O) groups is 1. The summed E-state index contributed by atoms with van der Waals surface area (Å²) < 4.78 is 0.811. The van der Waals surface area contributed by atoms with Crippen molar-refractivity contribution in [1.29, 1.82) is 0 Å². The summed E-state index contributed by atoms with van der Waals surface area (Å²) in [6, 6.07) is 5.49. The highest BCUT2D eigenvalue weighted by atomic mass is 35.5. The predicted molar refractivity (Wildman–Crippen MR) is 105 cm³/mol. The second-order valence-electron chi connectivity index (χ2n) is 5.94. The van der Waals surface area contributed by atoms with E-state index in [0.717, 1.165) is 41.2 Å². The van der Waals surface area contributed by atoms with Gasteiger partial charge in [0.1, 0.15) is 0 Å². The fourth-order valence-electron chi connectivity index (χ4n) is 2.38. The number of hydrogen-bond donors (Lipinski definition) is 1. The van der Waals surface area contributed by atoms with Crippen LogP contribution in [0, 0.1) is 6.92 Å². The molecule has 1 fully saturated rings. The van der Waals surface area contributed by atoms with Gasteiger partial charge in [0.25, 0.3) is 0 Å². The van der Waals surface area contributed by atoms with Crippen molar-refractivity contribution in [3.8, 4) is 0 Å². The van der Waals surface area contributed by atoms with Gasteiger partial charge < -0.3 is 15.1 Å². The highest BCUT2D eigenvalue weighted by Crippen LogP contribution is 2.28. The molecule has 0 unspecified atom stereocenters. The monoisotopic (exact) mass is 397 g/mol. The number of thioether (sulfide) groups is 1. The van der Waals surface area contributed by atoms with Crippen LogP contribution in [-0.2, 0) is 4.79 Å². The van der Waals surface area contributed by atoms with Crippen molar-refractivity contribution in [2.24, 2.45) is 0 Å². The number of amides is 1. The lowest BCUT2D eigenvalue weighted by Crippen LogP contribution is -2.44. The maximum atomic E-state index is 12.1. The zero-order valence-electron chi connectivity index (χ0n) is 14.2. The van der Waals surface area contributed by atoms with Crippen molar-refractivity contribution in [2.45, 2.75) is 11.3 Å². The third-order valence-corrected chi connectivity index (χ3v) is 6.48. The summed E-state index contributed by atoms with van der Waals surface area (Å²) in [6.07, 6.45) is 0. The molecular weight excluding hydrogens is 378 g/mol. The molecule has 1 aromatic heterocycles. The summed E-state index contributed by atoms with van der Waals surface area (Å²) in [7, 11) is 2.12. The maximum Gasteiger partial charge on any atom is 0.234 e. The van der Waals surface area contributed by atoms with Crippen LogP contribution in [0.1, 0.15) is 5.56 Å². The third-order valence-electron chi connectivity index (χ3n) is 3.95. The van der Waals surface area contributed by atoms with Crippen molar-refractivity contribution >= 4 is 51.4 Å². The van der Waals surface area contributed by atoms with E-state index in [9.17, 15) is 4.79 Å². The smallest absolute Gasteiger partial charge is 0.234 e. The Balaban J connectivity index is 1.50. The van der Waals surface area contributed by atoms with Gasteiger partial charge in [0.05, 0.1) is 5.75 Å². The summed E-state index contributed by atoms with van der Waals surface area (Å²) in [5, 5.41) is 12.9. The average molecular weight is 398 g/mol. The molecule has 1 aliphatic heterocycles. The second kappa shape index (κ2) is 8.35. The average Bonchev–Trinajstić information content (AvgIpc) is 3.06. The number of nitrogens with zero attached hydrogens (tertiary/aromatic N) is 4. The second-order valence-corrected chi connectivity index (χ2v) is 8.53. The number of hydrogen-bond acceptors (Lipinski definition) is 7. The van der Waals surface area contributed by atoms with Crippen molar-refractivity contribution in [2.75, 3.05) is 49.2 Å². The molecule has 1 saturated heterocycles. The molecular formula is C16H20ClN5OS2. The van der Waals surface area contributed by atoms with E-state index >= 15 is 0 Å². The zero-order valence-corrected chi connectivity index (χ0v) is 16.5. The van der Waals surface area contributed by atoms with E-state index in [4.69, 9.17) is 11.6 Å². The van der Waals surface area contributed by atoms with Gasteiger partial charge in [-0.05, 0) is 31.7 Å². The van der Waals surface area contributed by atoms with E-state index in [1.165, 1.54) is 11.8 Å². The fourth-order valence-corrected chi connectivity index (χ4v) is 4.25. The number of likely N-dealkylation sites (N-methyl/N-ethyl adjacent to an activating group) is 1. The Morgan fingerprint density at radius 2 is 2.08 bits per heavy atom. The molecule has 1 N–H and O–H groups in total. The van der Waals surface area contributed by atoms with Crippen LogP contribution < -0.4 is 10.2 Å². The number of aryl methyl sites for hydroxylation is 1. The summed E-state index contributed by atoms with van der Waals surface area (Å²) in [5.74, 6) is 0.212. The van der Waals surface area contributed by atoms with Gasteiger partial charge in [-0.2, -0.15) is 0 Å². The van der Waals surface area contributed by atoms with Crippen molar-refractivity contribution in [1.82, 2.24) is 15.1 Å². The van der Waals surface area contributed by atoms with Crippen LogP contribution in [0.25, 0.3) is 0 Å². The number of nitrogens with one attached hydrogen (secondary N) is 1. The number of anilines is 2. The van der Waals surface area contributed by atoms with E-state index < -0.39 is 0 Å². The summed E-state index contributed by atoms with van der Waals surface area (Å²) >= 11 is 9.02. The Hall–Kier alpha value is -1.35. The Labute approximate surface area is 160 Å². The largest absolute Gasteiger partial charge is 0.344 e. The van der Waals surface area contributed by atoms with Gasteiger partial charge in [-0.15, -0.1) is 10.2 Å². The van der Waals surface area contributed by atoms with Crippen LogP contribution in [0.3, 0.4) is 0 Å². The normalized spacial score (nSPS) is 15.4. The molecule has 2 aromatic rings.